The van der Waals surface area contributed by atoms with E-state index in [0.29, 0.717) is 36.6 Å². The van der Waals surface area contributed by atoms with Crippen LogP contribution < -0.4 is 5.32 Å². The third-order valence-electron chi connectivity index (χ3n) is 6.49. The van der Waals surface area contributed by atoms with Crippen LogP contribution in [0.25, 0.3) is 0 Å². The van der Waals surface area contributed by atoms with Crippen molar-refractivity contribution < 1.29 is 37.1 Å². The van der Waals surface area contributed by atoms with Gasteiger partial charge >= 0.3 is 0 Å². The molecule has 9 nitrogen and oxygen atoms in total. The second kappa shape index (κ2) is 8.45. The van der Waals surface area contributed by atoms with Crippen molar-refractivity contribution in [2.24, 2.45) is 0 Å². The minimum atomic E-state index is -1.28. The number of amides is 2. The minimum absolute atomic E-state index is 0.0176. The number of nitrogens with zero attached hydrogens (tertiary/aromatic N) is 3. The van der Waals surface area contributed by atoms with Gasteiger partial charge in [0, 0.05) is 56.1 Å². The lowest BCUT2D eigenvalue weighted by Crippen LogP contribution is -2.55. The lowest BCUT2D eigenvalue weighted by molar-refractivity contribution is -0.134. The Morgan fingerprint density at radius 3 is 2.71 bits per heavy atom. The molecule has 1 aromatic carbocycles. The van der Waals surface area contributed by atoms with Crippen LogP contribution in [-0.4, -0.2) is 57.7 Å². The van der Waals surface area contributed by atoms with E-state index in [4.69, 9.17) is 9.26 Å². The van der Waals surface area contributed by atoms with Crippen molar-refractivity contribution in [2.45, 2.75) is 38.6 Å². The molecule has 0 aliphatic carbocycles. The van der Waals surface area contributed by atoms with Crippen LogP contribution in [0.4, 0.5) is 13.2 Å². The van der Waals surface area contributed by atoms with Gasteiger partial charge < -0.3 is 29.5 Å². The SMILES string of the molecule is COC1C(C(=O)NCc2c(F)cc(F)cc2F)=CN2C(=C1O)C(=O)N1Cc3c(C)noc3CC2C1. The normalized spacial score (nSPS) is 21.4. The monoisotopic (exact) mass is 490 g/mol. The summed E-state index contributed by atoms with van der Waals surface area (Å²) in [5, 5.41) is 17.3. The number of benzene rings is 1. The molecule has 2 amide bonds. The van der Waals surface area contributed by atoms with Gasteiger partial charge in [0.2, 0.25) is 0 Å². The first kappa shape index (κ1) is 23.0. The molecule has 3 aliphatic rings. The van der Waals surface area contributed by atoms with E-state index < -0.39 is 53.2 Å². The molecule has 35 heavy (non-hydrogen) atoms. The summed E-state index contributed by atoms with van der Waals surface area (Å²) >= 11 is 0. The van der Waals surface area contributed by atoms with E-state index in [2.05, 4.69) is 10.5 Å². The Bertz CT molecular complexity index is 1280. The van der Waals surface area contributed by atoms with Gasteiger partial charge in [-0.25, -0.2) is 13.2 Å². The number of hydrogen-bond donors (Lipinski definition) is 2. The quantitative estimate of drug-likeness (QED) is 0.675. The number of aryl methyl sites for hydroxylation is 1. The molecule has 2 aromatic rings. The van der Waals surface area contributed by atoms with Crippen molar-refractivity contribution in [3.8, 4) is 0 Å². The summed E-state index contributed by atoms with van der Waals surface area (Å²) in [5.74, 6) is -4.44. The van der Waals surface area contributed by atoms with Crippen molar-refractivity contribution in [3.63, 3.8) is 0 Å². The van der Waals surface area contributed by atoms with E-state index in [1.807, 2.05) is 0 Å². The number of halogens is 3. The van der Waals surface area contributed by atoms with Gasteiger partial charge in [0.15, 0.2) is 5.76 Å². The topological polar surface area (TPSA) is 108 Å². The Kier molecular flexibility index (Phi) is 5.55. The highest BCUT2D eigenvalue weighted by Crippen LogP contribution is 2.36. The highest BCUT2D eigenvalue weighted by atomic mass is 19.1. The summed E-state index contributed by atoms with van der Waals surface area (Å²) in [6, 6.07) is 0.658. The number of rotatable bonds is 4. The zero-order chi connectivity index (χ0) is 25.0. The molecule has 5 rings (SSSR count). The van der Waals surface area contributed by atoms with Crippen LogP contribution in [0.15, 0.2) is 39.9 Å². The van der Waals surface area contributed by atoms with Crippen molar-refractivity contribution in [1.29, 1.82) is 0 Å². The van der Waals surface area contributed by atoms with Crippen LogP contribution in [0.3, 0.4) is 0 Å². The number of hydrogen-bond acceptors (Lipinski definition) is 7. The van der Waals surface area contributed by atoms with Crippen LogP contribution in [-0.2, 0) is 33.8 Å². The summed E-state index contributed by atoms with van der Waals surface area (Å²) in [6.45, 7) is 1.80. The Balaban J connectivity index is 1.46. The number of aromatic nitrogens is 1. The number of carbonyl (C=O) groups excluding carboxylic acids is 2. The lowest BCUT2D eigenvalue weighted by Gasteiger charge is -2.43. The van der Waals surface area contributed by atoms with E-state index in [9.17, 15) is 27.9 Å². The highest BCUT2D eigenvalue weighted by Gasteiger charge is 2.46. The highest BCUT2D eigenvalue weighted by molar-refractivity contribution is 5.99. The van der Waals surface area contributed by atoms with Gasteiger partial charge in [0.25, 0.3) is 11.8 Å². The first-order chi connectivity index (χ1) is 16.7. The van der Waals surface area contributed by atoms with Crippen molar-refractivity contribution in [3.05, 3.63) is 75.4 Å². The number of aliphatic hydroxyl groups is 1. The molecule has 2 unspecified atom stereocenters. The fourth-order valence-electron chi connectivity index (χ4n) is 4.70. The molecule has 1 fully saturated rings. The maximum atomic E-state index is 14.0. The average Bonchev–Trinajstić information content (AvgIpc) is 3.04. The predicted molar refractivity (Wildman–Crippen MR) is 113 cm³/mol. The summed E-state index contributed by atoms with van der Waals surface area (Å²) in [5.41, 5.74) is 0.857. The molecule has 12 heteroatoms. The van der Waals surface area contributed by atoms with Crippen LogP contribution in [0.1, 0.15) is 22.6 Å². The molecule has 2 atom stereocenters. The number of aliphatic hydroxyl groups excluding tert-OH is 1. The molecule has 1 saturated heterocycles. The first-order valence-electron chi connectivity index (χ1n) is 10.8. The van der Waals surface area contributed by atoms with Gasteiger partial charge in [0.05, 0.1) is 23.9 Å². The van der Waals surface area contributed by atoms with Gasteiger partial charge in [-0.15, -0.1) is 0 Å². The third-order valence-corrected chi connectivity index (χ3v) is 6.49. The number of methoxy groups -OCH3 is 1. The maximum Gasteiger partial charge on any atom is 0.274 e. The average molecular weight is 490 g/mol. The fraction of sp³-hybridized carbons (Fsp3) is 0.348. The molecule has 0 radical (unpaired) electrons. The van der Waals surface area contributed by atoms with Crippen LogP contribution in [0.5, 0.6) is 0 Å². The molecular weight excluding hydrogens is 469 g/mol. The Morgan fingerprint density at radius 1 is 1.31 bits per heavy atom. The molecule has 2 bridgehead atoms. The van der Waals surface area contributed by atoms with Crippen LogP contribution in [0.2, 0.25) is 0 Å². The molecule has 0 saturated carbocycles. The minimum Gasteiger partial charge on any atom is -0.507 e. The standard InChI is InChI=1S/C23H21F3N4O5/c1-10-14-8-29-7-12(5-18(14)35-28-10)30-9-15(21(34-2)20(31)19(30)23(29)33)22(32)27-6-13-16(25)3-11(24)4-17(13)26/h3-4,9,12,21,31H,5-8H2,1-2H3,(H,27,32). The van der Waals surface area contributed by atoms with Gasteiger partial charge in [0.1, 0.15) is 35.0 Å². The molecule has 2 N–H and O–H groups in total. The largest absolute Gasteiger partial charge is 0.507 e. The van der Waals surface area contributed by atoms with Crippen molar-refractivity contribution in [1.82, 2.24) is 20.3 Å². The summed E-state index contributed by atoms with van der Waals surface area (Å²) < 4.78 is 51.9. The second-order valence-electron chi connectivity index (χ2n) is 8.59. The van der Waals surface area contributed by atoms with Gasteiger partial charge in [-0.2, -0.15) is 0 Å². The van der Waals surface area contributed by atoms with E-state index in [1.165, 1.54) is 18.2 Å². The molecule has 3 aliphatic heterocycles. The summed E-state index contributed by atoms with van der Waals surface area (Å²) in [7, 11) is 1.25. The zero-order valence-corrected chi connectivity index (χ0v) is 18.8. The number of piperazine rings is 1. The first-order valence-corrected chi connectivity index (χ1v) is 10.8. The van der Waals surface area contributed by atoms with Gasteiger partial charge in [-0.1, -0.05) is 5.16 Å². The number of nitrogens with one attached hydrogen (secondary N) is 1. The van der Waals surface area contributed by atoms with Crippen molar-refractivity contribution >= 4 is 11.8 Å². The predicted octanol–water partition coefficient (Wildman–Crippen LogP) is 1.97. The zero-order valence-electron chi connectivity index (χ0n) is 18.8. The van der Waals surface area contributed by atoms with E-state index >= 15 is 0 Å². The van der Waals surface area contributed by atoms with Crippen molar-refractivity contribution in [2.75, 3.05) is 13.7 Å². The number of ether oxygens (including phenoxy) is 1. The number of fused-ring (bicyclic) bond motifs is 5. The maximum absolute atomic E-state index is 14.0. The van der Waals surface area contributed by atoms with Gasteiger partial charge in [-0.3, -0.25) is 9.59 Å². The molecule has 0 spiro atoms. The molecular formula is C23H21F3N4O5. The second-order valence-corrected chi connectivity index (χ2v) is 8.59. The summed E-state index contributed by atoms with van der Waals surface area (Å²) in [6.07, 6.45) is 0.476. The van der Waals surface area contributed by atoms with Gasteiger partial charge in [-0.05, 0) is 6.92 Å². The van der Waals surface area contributed by atoms with E-state index in [1.54, 1.807) is 11.8 Å². The Morgan fingerprint density at radius 2 is 2.03 bits per heavy atom. The smallest absolute Gasteiger partial charge is 0.274 e. The Labute approximate surface area is 197 Å². The van der Waals surface area contributed by atoms with E-state index in [-0.39, 0.29) is 23.9 Å². The molecule has 4 heterocycles. The number of carbonyl (C=O) groups is 2. The Hall–Kier alpha value is -3.80. The third kappa shape index (κ3) is 3.73. The summed E-state index contributed by atoms with van der Waals surface area (Å²) in [4.78, 5) is 29.3. The van der Waals surface area contributed by atoms with Crippen LogP contribution >= 0.6 is 0 Å². The van der Waals surface area contributed by atoms with Crippen LogP contribution in [0, 0.1) is 24.4 Å². The molecule has 1 aromatic heterocycles. The fourth-order valence-corrected chi connectivity index (χ4v) is 4.70. The van der Waals surface area contributed by atoms with E-state index in [0.717, 1.165) is 5.56 Å². The lowest BCUT2D eigenvalue weighted by atomic mass is 9.97. The molecule has 184 valence electrons.